The number of rotatable bonds is 4. The van der Waals surface area contributed by atoms with Gasteiger partial charge in [-0.3, -0.25) is 4.79 Å². The summed E-state index contributed by atoms with van der Waals surface area (Å²) in [4.78, 5) is 11.4. The topological polar surface area (TPSA) is 38.3 Å². The lowest BCUT2D eigenvalue weighted by atomic mass is 10.2. The molecule has 4 heteroatoms. The molecule has 0 aliphatic rings. The molecule has 0 saturated carbocycles. The van der Waals surface area contributed by atoms with Gasteiger partial charge in [0.05, 0.1) is 12.8 Å². The number of methoxy groups -OCH3 is 1. The Morgan fingerprint density at radius 3 is 2.87 bits per heavy atom. The number of benzene rings is 1. The molecule has 0 aromatic heterocycles. The third-order valence-corrected chi connectivity index (χ3v) is 2.35. The first-order valence-corrected chi connectivity index (χ1v) is 5.80. The molecule has 1 amide bonds. The summed E-state index contributed by atoms with van der Waals surface area (Å²) in [6, 6.07) is 5.68. The Morgan fingerprint density at radius 2 is 2.27 bits per heavy atom. The summed E-state index contributed by atoms with van der Waals surface area (Å²) < 4.78 is 5.18. The van der Waals surface area contributed by atoms with Crippen LogP contribution in [-0.4, -0.2) is 18.3 Å². The highest BCUT2D eigenvalue weighted by Crippen LogP contribution is 2.25. The van der Waals surface area contributed by atoms with Crippen LogP contribution in [0.15, 0.2) is 18.2 Å². The minimum absolute atomic E-state index is 0.0194. The first-order valence-electron chi connectivity index (χ1n) is 4.68. The average molecular weight is 272 g/mol. The van der Waals surface area contributed by atoms with E-state index >= 15 is 0 Å². The molecular formula is C11H14BrNO2. The first kappa shape index (κ1) is 12.0. The zero-order chi connectivity index (χ0) is 11.3. The van der Waals surface area contributed by atoms with Crippen molar-refractivity contribution in [2.24, 2.45) is 0 Å². The van der Waals surface area contributed by atoms with Crippen molar-refractivity contribution >= 4 is 27.5 Å². The van der Waals surface area contributed by atoms with Crippen LogP contribution < -0.4 is 10.1 Å². The standard InChI is InChI=1S/C11H14BrNO2/c1-8-3-4-9(10(7-8)15-2)13-11(14)5-6-12/h3-4,7H,5-6H2,1-2H3,(H,13,14). The second kappa shape index (κ2) is 5.75. The Labute approximate surface area is 97.9 Å². The van der Waals surface area contributed by atoms with Gasteiger partial charge in [0.2, 0.25) is 5.91 Å². The van der Waals surface area contributed by atoms with Gasteiger partial charge >= 0.3 is 0 Å². The van der Waals surface area contributed by atoms with Crippen LogP contribution in [-0.2, 0) is 4.79 Å². The molecule has 15 heavy (non-hydrogen) atoms. The zero-order valence-corrected chi connectivity index (χ0v) is 10.4. The highest BCUT2D eigenvalue weighted by molar-refractivity contribution is 9.09. The maximum atomic E-state index is 11.4. The SMILES string of the molecule is COc1cc(C)ccc1NC(=O)CCBr. The molecule has 1 aromatic rings. The Bertz CT molecular complexity index is 352. The highest BCUT2D eigenvalue weighted by Gasteiger charge is 2.06. The van der Waals surface area contributed by atoms with Gasteiger partial charge in [-0.1, -0.05) is 22.0 Å². The van der Waals surface area contributed by atoms with Crippen LogP contribution in [0.5, 0.6) is 5.75 Å². The van der Waals surface area contributed by atoms with Gasteiger partial charge < -0.3 is 10.1 Å². The fourth-order valence-corrected chi connectivity index (χ4v) is 1.56. The van der Waals surface area contributed by atoms with Crippen LogP contribution in [0, 0.1) is 6.92 Å². The molecular weight excluding hydrogens is 258 g/mol. The van der Waals surface area contributed by atoms with Gasteiger partial charge in [0.1, 0.15) is 5.75 Å². The van der Waals surface area contributed by atoms with E-state index in [1.165, 1.54) is 0 Å². The van der Waals surface area contributed by atoms with Gasteiger partial charge in [-0.05, 0) is 24.6 Å². The van der Waals surface area contributed by atoms with E-state index in [1.54, 1.807) is 7.11 Å². The molecule has 3 nitrogen and oxygen atoms in total. The maximum absolute atomic E-state index is 11.4. The van der Waals surface area contributed by atoms with Gasteiger partial charge in [-0.25, -0.2) is 0 Å². The van der Waals surface area contributed by atoms with Crippen molar-refractivity contribution in [1.82, 2.24) is 0 Å². The molecule has 1 N–H and O–H groups in total. The van der Waals surface area contributed by atoms with E-state index in [-0.39, 0.29) is 5.91 Å². The lowest BCUT2D eigenvalue weighted by molar-refractivity contribution is -0.115. The average Bonchev–Trinajstić information content (AvgIpc) is 2.21. The molecule has 0 unspecified atom stereocenters. The van der Waals surface area contributed by atoms with Crippen LogP contribution in [0.4, 0.5) is 5.69 Å². The number of nitrogens with one attached hydrogen (secondary N) is 1. The summed E-state index contributed by atoms with van der Waals surface area (Å²) in [6.45, 7) is 1.98. The number of aryl methyl sites for hydroxylation is 1. The van der Waals surface area contributed by atoms with E-state index in [1.807, 2.05) is 25.1 Å². The van der Waals surface area contributed by atoms with Crippen molar-refractivity contribution in [3.05, 3.63) is 23.8 Å². The molecule has 1 rings (SSSR count). The van der Waals surface area contributed by atoms with Gasteiger partial charge in [0.25, 0.3) is 0 Å². The minimum Gasteiger partial charge on any atom is -0.495 e. The molecule has 82 valence electrons. The molecule has 0 heterocycles. The van der Waals surface area contributed by atoms with Crippen molar-refractivity contribution in [3.8, 4) is 5.75 Å². The van der Waals surface area contributed by atoms with Crippen LogP contribution in [0.2, 0.25) is 0 Å². The quantitative estimate of drug-likeness (QED) is 0.856. The molecule has 0 bridgehead atoms. The Morgan fingerprint density at radius 1 is 1.53 bits per heavy atom. The van der Waals surface area contributed by atoms with Crippen molar-refractivity contribution in [1.29, 1.82) is 0 Å². The van der Waals surface area contributed by atoms with Gasteiger partial charge in [-0.15, -0.1) is 0 Å². The summed E-state index contributed by atoms with van der Waals surface area (Å²) in [7, 11) is 1.59. The van der Waals surface area contributed by atoms with Gasteiger partial charge in [0.15, 0.2) is 0 Å². The van der Waals surface area contributed by atoms with E-state index in [0.29, 0.717) is 23.2 Å². The number of hydrogen-bond acceptors (Lipinski definition) is 2. The predicted molar refractivity (Wildman–Crippen MR) is 64.8 cm³/mol. The molecule has 0 aliphatic carbocycles. The Balaban J connectivity index is 2.80. The molecule has 0 fully saturated rings. The molecule has 0 atom stereocenters. The highest BCUT2D eigenvalue weighted by atomic mass is 79.9. The van der Waals surface area contributed by atoms with E-state index < -0.39 is 0 Å². The lowest BCUT2D eigenvalue weighted by Gasteiger charge is -2.10. The van der Waals surface area contributed by atoms with Gasteiger partial charge in [-0.2, -0.15) is 0 Å². The summed E-state index contributed by atoms with van der Waals surface area (Å²) in [5.74, 6) is 0.673. The van der Waals surface area contributed by atoms with E-state index in [2.05, 4.69) is 21.2 Å². The van der Waals surface area contributed by atoms with E-state index in [4.69, 9.17) is 4.74 Å². The lowest BCUT2D eigenvalue weighted by Crippen LogP contribution is -2.12. The number of alkyl halides is 1. The van der Waals surface area contributed by atoms with E-state index in [0.717, 1.165) is 5.56 Å². The molecule has 0 aliphatic heterocycles. The zero-order valence-electron chi connectivity index (χ0n) is 8.84. The van der Waals surface area contributed by atoms with Crippen LogP contribution >= 0.6 is 15.9 Å². The minimum atomic E-state index is -0.0194. The number of anilines is 1. The predicted octanol–water partition coefficient (Wildman–Crippen LogP) is 2.73. The van der Waals surface area contributed by atoms with E-state index in [9.17, 15) is 4.79 Å². The molecule has 1 aromatic carbocycles. The van der Waals surface area contributed by atoms with Crippen LogP contribution in [0.3, 0.4) is 0 Å². The number of carbonyl (C=O) groups excluding carboxylic acids is 1. The second-order valence-electron chi connectivity index (χ2n) is 3.19. The van der Waals surface area contributed by atoms with Crippen molar-refractivity contribution in [2.75, 3.05) is 17.8 Å². The Kier molecular flexibility index (Phi) is 4.62. The number of amides is 1. The molecule has 0 saturated heterocycles. The normalized spacial score (nSPS) is 9.80. The first-order chi connectivity index (χ1) is 7.17. The fourth-order valence-electron chi connectivity index (χ4n) is 1.20. The number of ether oxygens (including phenoxy) is 1. The Hall–Kier alpha value is -1.03. The maximum Gasteiger partial charge on any atom is 0.225 e. The smallest absolute Gasteiger partial charge is 0.225 e. The number of hydrogen-bond donors (Lipinski definition) is 1. The van der Waals surface area contributed by atoms with Gasteiger partial charge in [0, 0.05) is 11.8 Å². The second-order valence-corrected chi connectivity index (χ2v) is 3.98. The van der Waals surface area contributed by atoms with Crippen molar-refractivity contribution in [3.63, 3.8) is 0 Å². The molecule has 0 radical (unpaired) electrons. The van der Waals surface area contributed by atoms with Crippen molar-refractivity contribution in [2.45, 2.75) is 13.3 Å². The largest absolute Gasteiger partial charge is 0.495 e. The summed E-state index contributed by atoms with van der Waals surface area (Å²) in [5.41, 5.74) is 1.82. The fraction of sp³-hybridized carbons (Fsp3) is 0.364. The number of halogens is 1. The third kappa shape index (κ3) is 3.55. The third-order valence-electron chi connectivity index (χ3n) is 1.95. The van der Waals surface area contributed by atoms with Crippen LogP contribution in [0.1, 0.15) is 12.0 Å². The summed E-state index contributed by atoms with van der Waals surface area (Å²) in [5, 5.41) is 3.46. The molecule has 0 spiro atoms. The number of carbonyl (C=O) groups is 1. The van der Waals surface area contributed by atoms with Crippen molar-refractivity contribution < 1.29 is 9.53 Å². The monoisotopic (exact) mass is 271 g/mol. The van der Waals surface area contributed by atoms with Crippen LogP contribution in [0.25, 0.3) is 0 Å². The summed E-state index contributed by atoms with van der Waals surface area (Å²) >= 11 is 3.22. The summed E-state index contributed by atoms with van der Waals surface area (Å²) in [6.07, 6.45) is 0.455.